The number of hydrogen-bond acceptors (Lipinski definition) is 6. The highest BCUT2D eigenvalue weighted by molar-refractivity contribution is 6.46. The Kier molecular flexibility index (Phi) is 7.53. The quantitative estimate of drug-likeness (QED) is 0.255. The monoisotopic (exact) mass is 501 g/mol. The Morgan fingerprint density at radius 1 is 0.946 bits per heavy atom. The number of nitrogens with zero attached hydrogens (tertiary/aromatic N) is 1. The molecule has 7 nitrogen and oxygen atoms in total. The Morgan fingerprint density at radius 3 is 2.32 bits per heavy atom. The summed E-state index contributed by atoms with van der Waals surface area (Å²) in [6.07, 6.45) is 0. The van der Waals surface area contributed by atoms with Gasteiger partial charge in [-0.1, -0.05) is 30.3 Å². The summed E-state index contributed by atoms with van der Waals surface area (Å²) in [4.78, 5) is 28.4. The fraction of sp³-hybridized carbons (Fsp3) is 0.267. The van der Waals surface area contributed by atoms with Crippen LogP contribution in [0.25, 0.3) is 5.76 Å². The number of carbonyl (C=O) groups excluding carboxylic acids is 2. The average Bonchev–Trinajstić information content (AvgIpc) is 3.13. The first kappa shape index (κ1) is 25.8. The van der Waals surface area contributed by atoms with E-state index in [1.807, 2.05) is 51.1 Å². The van der Waals surface area contributed by atoms with E-state index in [4.69, 9.17) is 14.2 Å². The van der Waals surface area contributed by atoms with Crippen LogP contribution in [0.4, 0.5) is 0 Å². The van der Waals surface area contributed by atoms with E-state index in [0.29, 0.717) is 35.0 Å². The highest BCUT2D eigenvalue weighted by Gasteiger charge is 2.46. The average molecular weight is 502 g/mol. The lowest BCUT2D eigenvalue weighted by Gasteiger charge is -2.26. The van der Waals surface area contributed by atoms with Gasteiger partial charge in [-0.25, -0.2) is 0 Å². The van der Waals surface area contributed by atoms with Crippen LogP contribution in [-0.2, 0) is 16.1 Å². The number of benzene rings is 3. The molecule has 0 saturated carbocycles. The topological polar surface area (TPSA) is 85.3 Å². The maximum atomic E-state index is 13.5. The number of aliphatic hydroxyl groups is 1. The van der Waals surface area contributed by atoms with Crippen molar-refractivity contribution >= 4 is 17.4 Å². The fourth-order valence-electron chi connectivity index (χ4n) is 4.82. The molecular weight excluding hydrogens is 470 g/mol. The van der Waals surface area contributed by atoms with Crippen molar-refractivity contribution in [3.63, 3.8) is 0 Å². The SMILES string of the molecule is CCOc1cccc(CN2C(=O)C(=O)/C(=C(/O)c3cc(C)cc(C)c3OC)C2c2ccc(OC)cc2)c1. The molecule has 1 heterocycles. The largest absolute Gasteiger partial charge is 0.507 e. The Morgan fingerprint density at radius 2 is 1.68 bits per heavy atom. The second-order valence-corrected chi connectivity index (χ2v) is 8.94. The Balaban J connectivity index is 1.89. The number of amides is 1. The second-order valence-electron chi connectivity index (χ2n) is 8.94. The Hall–Kier alpha value is -4.26. The number of ketones is 1. The molecule has 192 valence electrons. The van der Waals surface area contributed by atoms with E-state index in [9.17, 15) is 14.7 Å². The predicted octanol–water partition coefficient (Wildman–Crippen LogP) is 5.34. The van der Waals surface area contributed by atoms with Gasteiger partial charge in [-0.2, -0.15) is 0 Å². The summed E-state index contributed by atoms with van der Waals surface area (Å²) < 4.78 is 16.5. The number of ether oxygens (including phenoxy) is 3. The molecule has 0 aliphatic carbocycles. The van der Waals surface area contributed by atoms with E-state index >= 15 is 0 Å². The van der Waals surface area contributed by atoms with E-state index < -0.39 is 17.7 Å². The lowest BCUT2D eigenvalue weighted by Crippen LogP contribution is -2.29. The summed E-state index contributed by atoms with van der Waals surface area (Å²) in [5.74, 6) is 0.0623. The van der Waals surface area contributed by atoms with Crippen LogP contribution in [0.5, 0.6) is 17.2 Å². The van der Waals surface area contributed by atoms with E-state index in [1.165, 1.54) is 12.0 Å². The van der Waals surface area contributed by atoms with Gasteiger partial charge >= 0.3 is 0 Å². The molecule has 37 heavy (non-hydrogen) atoms. The molecule has 0 bridgehead atoms. The van der Waals surface area contributed by atoms with Crippen molar-refractivity contribution in [3.8, 4) is 17.2 Å². The number of carbonyl (C=O) groups is 2. The zero-order valence-corrected chi connectivity index (χ0v) is 21.7. The third-order valence-electron chi connectivity index (χ3n) is 6.41. The second kappa shape index (κ2) is 10.8. The fourth-order valence-corrected chi connectivity index (χ4v) is 4.82. The van der Waals surface area contributed by atoms with Crippen LogP contribution < -0.4 is 14.2 Å². The molecular formula is C30H31NO6. The van der Waals surface area contributed by atoms with Gasteiger partial charge in [0, 0.05) is 6.54 Å². The van der Waals surface area contributed by atoms with Crippen LogP contribution >= 0.6 is 0 Å². The van der Waals surface area contributed by atoms with Crippen molar-refractivity contribution in [2.24, 2.45) is 0 Å². The molecule has 1 unspecified atom stereocenters. The van der Waals surface area contributed by atoms with Gasteiger partial charge < -0.3 is 24.2 Å². The minimum atomic E-state index is -0.813. The van der Waals surface area contributed by atoms with Crippen LogP contribution in [0.1, 0.15) is 40.8 Å². The zero-order chi connectivity index (χ0) is 26.7. The highest BCUT2D eigenvalue weighted by Crippen LogP contribution is 2.43. The van der Waals surface area contributed by atoms with E-state index in [2.05, 4.69) is 0 Å². The minimum absolute atomic E-state index is 0.0134. The van der Waals surface area contributed by atoms with E-state index in [0.717, 1.165) is 16.7 Å². The lowest BCUT2D eigenvalue weighted by atomic mass is 9.93. The van der Waals surface area contributed by atoms with E-state index in [-0.39, 0.29) is 17.9 Å². The molecule has 0 radical (unpaired) electrons. The number of aryl methyl sites for hydroxylation is 2. The van der Waals surface area contributed by atoms with Gasteiger partial charge in [-0.05, 0) is 73.4 Å². The molecule has 1 atom stereocenters. The molecule has 3 aromatic rings. The maximum absolute atomic E-state index is 13.5. The third kappa shape index (κ3) is 5.03. The Labute approximate surface area is 216 Å². The zero-order valence-electron chi connectivity index (χ0n) is 21.7. The molecule has 1 aliphatic rings. The predicted molar refractivity (Wildman–Crippen MR) is 141 cm³/mol. The molecule has 4 rings (SSSR count). The molecule has 3 aromatic carbocycles. The van der Waals surface area contributed by atoms with Crippen LogP contribution in [-0.4, -0.2) is 42.5 Å². The van der Waals surface area contributed by atoms with Crippen LogP contribution in [0, 0.1) is 13.8 Å². The van der Waals surface area contributed by atoms with Crippen molar-refractivity contribution in [3.05, 3.63) is 94.1 Å². The summed E-state index contributed by atoms with van der Waals surface area (Å²) in [5, 5.41) is 11.6. The summed E-state index contributed by atoms with van der Waals surface area (Å²) in [5.41, 5.74) is 3.56. The van der Waals surface area contributed by atoms with Crippen molar-refractivity contribution in [1.82, 2.24) is 4.90 Å². The first-order valence-corrected chi connectivity index (χ1v) is 12.1. The van der Waals surface area contributed by atoms with Gasteiger partial charge in [-0.3, -0.25) is 9.59 Å². The molecule has 1 fully saturated rings. The first-order chi connectivity index (χ1) is 17.8. The van der Waals surface area contributed by atoms with Gasteiger partial charge in [0.15, 0.2) is 0 Å². The first-order valence-electron chi connectivity index (χ1n) is 12.1. The van der Waals surface area contributed by atoms with Gasteiger partial charge in [0.25, 0.3) is 11.7 Å². The molecule has 1 saturated heterocycles. The van der Waals surface area contributed by atoms with Gasteiger partial charge in [-0.15, -0.1) is 0 Å². The number of methoxy groups -OCH3 is 2. The minimum Gasteiger partial charge on any atom is -0.507 e. The summed E-state index contributed by atoms with van der Waals surface area (Å²) in [7, 11) is 3.08. The van der Waals surface area contributed by atoms with Crippen LogP contribution in [0.2, 0.25) is 0 Å². The molecule has 1 N–H and O–H groups in total. The molecule has 1 aliphatic heterocycles. The lowest BCUT2D eigenvalue weighted by molar-refractivity contribution is -0.140. The smallest absolute Gasteiger partial charge is 0.295 e. The summed E-state index contributed by atoms with van der Waals surface area (Å²) in [6.45, 7) is 6.33. The number of aliphatic hydroxyl groups excluding tert-OH is 1. The number of hydrogen-bond donors (Lipinski definition) is 1. The van der Waals surface area contributed by atoms with Crippen molar-refractivity contribution in [2.75, 3.05) is 20.8 Å². The third-order valence-corrected chi connectivity index (χ3v) is 6.41. The van der Waals surface area contributed by atoms with E-state index in [1.54, 1.807) is 37.4 Å². The van der Waals surface area contributed by atoms with Crippen molar-refractivity contribution < 1.29 is 28.9 Å². The highest BCUT2D eigenvalue weighted by atomic mass is 16.5. The van der Waals surface area contributed by atoms with Crippen LogP contribution in [0.3, 0.4) is 0 Å². The molecule has 7 heteroatoms. The summed E-state index contributed by atoms with van der Waals surface area (Å²) >= 11 is 0. The Bertz CT molecular complexity index is 1360. The summed E-state index contributed by atoms with van der Waals surface area (Å²) in [6, 6.07) is 17.4. The van der Waals surface area contributed by atoms with Crippen molar-refractivity contribution in [2.45, 2.75) is 33.4 Å². The number of Topliss-reactive ketones (excluding diaryl/α,β-unsaturated/α-hetero) is 1. The normalized spacial score (nSPS) is 16.7. The van der Waals surface area contributed by atoms with Crippen molar-refractivity contribution in [1.29, 1.82) is 0 Å². The standard InChI is InChI=1S/C30H31NO6/c1-6-37-23-9-7-8-20(16-23)17-31-26(21-10-12-22(35-4)13-11-21)25(28(33)30(31)34)27(32)24-15-18(2)14-19(3)29(24)36-5/h7-16,26,32H,6,17H2,1-5H3/b27-25+. The number of rotatable bonds is 8. The molecule has 0 aromatic heterocycles. The molecule has 1 amide bonds. The molecule has 0 spiro atoms. The van der Waals surface area contributed by atoms with Gasteiger partial charge in [0.1, 0.15) is 23.0 Å². The van der Waals surface area contributed by atoms with Crippen LogP contribution in [0.15, 0.2) is 66.2 Å². The van der Waals surface area contributed by atoms with Gasteiger partial charge in [0.05, 0.1) is 38.0 Å². The maximum Gasteiger partial charge on any atom is 0.295 e. The number of likely N-dealkylation sites (tertiary alicyclic amines) is 1. The van der Waals surface area contributed by atoms with Gasteiger partial charge in [0.2, 0.25) is 0 Å².